The minimum atomic E-state index is -0.558. The molecule has 2 rings (SSSR count). The molecule has 37 heavy (non-hydrogen) atoms. The van der Waals surface area contributed by atoms with Crippen molar-refractivity contribution in [2.45, 2.75) is 52.4 Å². The molecule has 0 aliphatic carbocycles. The third-order valence-electron chi connectivity index (χ3n) is 5.58. The van der Waals surface area contributed by atoms with Crippen LogP contribution in [0.2, 0.25) is 0 Å². The normalized spacial score (nSPS) is 10.2. The second kappa shape index (κ2) is 14.9. The lowest BCUT2D eigenvalue weighted by molar-refractivity contribution is -0.131. The Labute approximate surface area is 218 Å². The molecule has 0 aliphatic rings. The molecule has 0 spiro atoms. The molecule has 2 aromatic carbocycles. The number of ether oxygens (including phenoxy) is 3. The molecule has 0 atom stereocenters. The zero-order chi connectivity index (χ0) is 27.2. The summed E-state index contributed by atoms with van der Waals surface area (Å²) in [7, 11) is 0. The molecule has 0 fully saturated rings. The van der Waals surface area contributed by atoms with Gasteiger partial charge < -0.3 is 14.2 Å². The minimum absolute atomic E-state index is 0.262. The van der Waals surface area contributed by atoms with Gasteiger partial charge in [-0.3, -0.25) is 0 Å². The van der Waals surface area contributed by atoms with E-state index in [0.717, 1.165) is 36.8 Å². The molecule has 0 saturated heterocycles. The highest BCUT2D eigenvalue weighted by molar-refractivity contribution is 5.90. The Balaban J connectivity index is 2.14. The van der Waals surface area contributed by atoms with Crippen molar-refractivity contribution in [1.29, 1.82) is 10.5 Å². The van der Waals surface area contributed by atoms with Gasteiger partial charge in [0, 0.05) is 24.0 Å². The first-order valence-electron chi connectivity index (χ1n) is 12.1. The summed E-state index contributed by atoms with van der Waals surface area (Å²) < 4.78 is 16.7. The van der Waals surface area contributed by atoms with Crippen molar-refractivity contribution < 1.29 is 23.8 Å². The van der Waals surface area contributed by atoms with Crippen LogP contribution in [0.3, 0.4) is 0 Å². The topological polar surface area (TPSA) is 109 Å². The van der Waals surface area contributed by atoms with Gasteiger partial charge in [0.05, 0.1) is 18.7 Å². The average Bonchev–Trinajstić information content (AvgIpc) is 2.88. The first kappa shape index (κ1) is 28.9. The van der Waals surface area contributed by atoms with Crippen molar-refractivity contribution in [3.63, 3.8) is 0 Å². The lowest BCUT2D eigenvalue weighted by Crippen LogP contribution is -2.10. The second-order valence-corrected chi connectivity index (χ2v) is 8.78. The number of rotatable bonds is 14. The van der Waals surface area contributed by atoms with Crippen LogP contribution in [0.15, 0.2) is 66.8 Å². The van der Waals surface area contributed by atoms with Crippen LogP contribution in [0, 0.1) is 28.6 Å². The molecule has 0 N–H and O–H groups in total. The smallest absolute Gasteiger partial charge is 0.338 e. The minimum Gasteiger partial charge on any atom is -0.490 e. The van der Waals surface area contributed by atoms with E-state index in [1.807, 2.05) is 6.07 Å². The summed E-state index contributed by atoms with van der Waals surface area (Å²) >= 11 is 0. The summed E-state index contributed by atoms with van der Waals surface area (Å²) in [4.78, 5) is 24.0. The Kier molecular flexibility index (Phi) is 11.6. The van der Waals surface area contributed by atoms with Crippen LogP contribution < -0.4 is 14.2 Å². The molecule has 0 saturated carbocycles. The van der Waals surface area contributed by atoms with Gasteiger partial charge in [-0.2, -0.15) is 10.5 Å². The van der Waals surface area contributed by atoms with E-state index in [1.165, 1.54) is 0 Å². The fourth-order valence-electron chi connectivity index (χ4n) is 3.51. The molecule has 0 aromatic heterocycles. The zero-order valence-corrected chi connectivity index (χ0v) is 21.4. The largest absolute Gasteiger partial charge is 0.490 e. The highest BCUT2D eigenvalue weighted by atomic mass is 16.6. The van der Waals surface area contributed by atoms with Crippen molar-refractivity contribution in [2.24, 2.45) is 5.92 Å². The van der Waals surface area contributed by atoms with Gasteiger partial charge in [0.2, 0.25) is 0 Å². The van der Waals surface area contributed by atoms with Crippen molar-refractivity contribution >= 4 is 11.9 Å². The van der Waals surface area contributed by atoms with Gasteiger partial charge >= 0.3 is 11.9 Å². The van der Waals surface area contributed by atoms with Gasteiger partial charge in [-0.15, -0.1) is 0 Å². The summed E-state index contributed by atoms with van der Waals surface area (Å²) in [5, 5.41) is 17.7. The van der Waals surface area contributed by atoms with Crippen molar-refractivity contribution in [2.75, 3.05) is 6.61 Å². The maximum absolute atomic E-state index is 12.2. The number of nitrogens with zero attached hydrogens (tertiary/aromatic N) is 2. The van der Waals surface area contributed by atoms with E-state index in [-0.39, 0.29) is 11.3 Å². The van der Waals surface area contributed by atoms with Crippen LogP contribution >= 0.6 is 0 Å². The number of benzene rings is 2. The molecule has 192 valence electrons. The Bertz CT molecular complexity index is 1180. The van der Waals surface area contributed by atoms with Crippen LogP contribution in [0.4, 0.5) is 0 Å². The molecule has 7 heteroatoms. The first-order chi connectivity index (χ1) is 17.7. The van der Waals surface area contributed by atoms with Crippen LogP contribution in [0.1, 0.15) is 52.4 Å². The third kappa shape index (κ3) is 9.66. The monoisotopic (exact) mass is 500 g/mol. The fraction of sp³-hybridized carbons (Fsp3) is 0.333. The van der Waals surface area contributed by atoms with Gasteiger partial charge in [-0.05, 0) is 80.8 Å². The molecule has 0 radical (unpaired) electrons. The summed E-state index contributed by atoms with van der Waals surface area (Å²) in [6.45, 7) is 10.8. The van der Waals surface area contributed by atoms with Crippen molar-refractivity contribution in [3.05, 3.63) is 66.8 Å². The summed E-state index contributed by atoms with van der Waals surface area (Å²) in [5.74, 6) is 0.337. The van der Waals surface area contributed by atoms with Crippen molar-refractivity contribution in [1.82, 2.24) is 0 Å². The van der Waals surface area contributed by atoms with Crippen LogP contribution in [0.5, 0.6) is 17.2 Å². The summed E-state index contributed by atoms with van der Waals surface area (Å²) in [6, 6.07) is 16.6. The fourth-order valence-corrected chi connectivity index (χ4v) is 3.51. The van der Waals surface area contributed by atoms with Gasteiger partial charge in [-0.1, -0.05) is 31.4 Å². The van der Waals surface area contributed by atoms with E-state index in [4.69, 9.17) is 24.7 Å². The van der Waals surface area contributed by atoms with Crippen LogP contribution in [-0.2, 0) is 9.59 Å². The Morgan fingerprint density at radius 3 is 1.95 bits per heavy atom. The van der Waals surface area contributed by atoms with E-state index in [9.17, 15) is 9.59 Å². The maximum atomic E-state index is 12.2. The Morgan fingerprint density at radius 1 is 0.811 bits per heavy atom. The number of carbonyl (C=O) groups excluding carboxylic acids is 2. The first-order valence-corrected chi connectivity index (χ1v) is 12.1. The zero-order valence-electron chi connectivity index (χ0n) is 21.4. The standard InChI is InChI=1S/C30H32N2O5/c1-21(2)29(33)36-26-14-11-24(12-15-26)25-13-16-27(28(20-25)37-30(34)22(3)4)35-19-7-10-23(8-5-17-31)9-6-18-32/h11-16,20,23H,1,3,5-10,19H2,2,4H3. The SMILES string of the molecule is C=C(C)C(=O)Oc1ccc(-c2ccc(OCCCC(CCC#N)CCC#N)c(OC(=O)C(=C)C)c2)cc1. The highest BCUT2D eigenvalue weighted by Gasteiger charge is 2.15. The Morgan fingerprint density at radius 2 is 1.38 bits per heavy atom. The summed E-state index contributed by atoms with van der Waals surface area (Å²) in [6.07, 6.45) is 4.04. The van der Waals surface area contributed by atoms with E-state index < -0.39 is 11.9 Å². The molecule has 0 amide bonds. The summed E-state index contributed by atoms with van der Waals surface area (Å²) in [5.41, 5.74) is 2.18. The van der Waals surface area contributed by atoms with Gasteiger partial charge in [0.15, 0.2) is 11.5 Å². The number of hydrogen-bond acceptors (Lipinski definition) is 7. The van der Waals surface area contributed by atoms with Crippen molar-refractivity contribution in [3.8, 4) is 40.5 Å². The van der Waals surface area contributed by atoms with E-state index in [2.05, 4.69) is 25.3 Å². The van der Waals surface area contributed by atoms with Gasteiger partial charge in [-0.25, -0.2) is 9.59 Å². The number of hydrogen-bond donors (Lipinski definition) is 0. The van der Waals surface area contributed by atoms with Crippen LogP contribution in [0.25, 0.3) is 11.1 Å². The lowest BCUT2D eigenvalue weighted by atomic mass is 9.93. The average molecular weight is 501 g/mol. The Hall–Kier alpha value is -4.36. The predicted molar refractivity (Wildman–Crippen MR) is 141 cm³/mol. The third-order valence-corrected chi connectivity index (χ3v) is 5.58. The quantitative estimate of drug-likeness (QED) is 0.123. The molecular formula is C30H32N2O5. The molecule has 2 aromatic rings. The van der Waals surface area contributed by atoms with Gasteiger partial charge in [0.1, 0.15) is 5.75 Å². The molecule has 7 nitrogen and oxygen atoms in total. The number of carbonyl (C=O) groups is 2. The molecular weight excluding hydrogens is 468 g/mol. The molecule has 0 bridgehead atoms. The number of esters is 2. The maximum Gasteiger partial charge on any atom is 0.338 e. The highest BCUT2D eigenvalue weighted by Crippen LogP contribution is 2.34. The molecule has 0 unspecified atom stereocenters. The lowest BCUT2D eigenvalue weighted by Gasteiger charge is -2.16. The van der Waals surface area contributed by atoms with Crippen LogP contribution in [-0.4, -0.2) is 18.5 Å². The van der Waals surface area contributed by atoms with E-state index in [0.29, 0.717) is 42.4 Å². The van der Waals surface area contributed by atoms with Gasteiger partial charge in [0.25, 0.3) is 0 Å². The molecule has 0 heterocycles. The second-order valence-electron chi connectivity index (χ2n) is 8.78. The predicted octanol–water partition coefficient (Wildman–Crippen LogP) is 6.70. The van der Waals surface area contributed by atoms with E-state index >= 15 is 0 Å². The van der Waals surface area contributed by atoms with E-state index in [1.54, 1.807) is 50.2 Å². The number of nitriles is 2. The molecule has 0 aliphatic heterocycles.